The topological polar surface area (TPSA) is 174 Å². The maximum absolute atomic E-state index is 11.5. The van der Waals surface area contributed by atoms with Gasteiger partial charge in [0.25, 0.3) is 20.2 Å². The number of hydrogen-bond donors (Lipinski definition) is 4. The Morgan fingerprint density at radius 3 is 2.14 bits per heavy atom. The van der Waals surface area contributed by atoms with E-state index in [9.17, 15) is 21.4 Å². The molecule has 0 aliphatic heterocycles. The molecular weight excluding hydrogens is 340 g/mol. The molecule has 10 nitrogen and oxygen atoms in total. The highest BCUT2D eigenvalue weighted by atomic mass is 32.2. The van der Waals surface area contributed by atoms with Gasteiger partial charge in [-0.1, -0.05) is 16.4 Å². The van der Waals surface area contributed by atoms with Crippen LogP contribution in [-0.2, 0) is 20.2 Å². The van der Waals surface area contributed by atoms with Crippen LogP contribution in [0, 0.1) is 0 Å². The Morgan fingerprint density at radius 2 is 1.68 bits per heavy atom. The monoisotopic (exact) mass is 350 g/mol. The molecule has 1 aromatic carbocycles. The molecular formula is C10H10N2O8S2. The van der Waals surface area contributed by atoms with E-state index in [0.717, 1.165) is 18.2 Å². The maximum Gasteiger partial charge on any atom is 0.294 e. The number of fused-ring (bicyclic) bond motifs is 1. The van der Waals surface area contributed by atoms with Crippen molar-refractivity contribution in [2.24, 2.45) is 10.3 Å². The average Bonchev–Trinajstić information content (AvgIpc) is 2.42. The summed E-state index contributed by atoms with van der Waals surface area (Å²) in [5.41, 5.74) is -0.856. The van der Waals surface area contributed by atoms with Crippen molar-refractivity contribution in [2.75, 3.05) is 0 Å². The first-order valence-electron chi connectivity index (χ1n) is 5.61. The van der Waals surface area contributed by atoms with Crippen LogP contribution in [-0.4, -0.2) is 47.8 Å². The van der Waals surface area contributed by atoms with Gasteiger partial charge in [0, 0.05) is 12.0 Å². The summed E-state index contributed by atoms with van der Waals surface area (Å²) in [6.45, 7) is 0. The van der Waals surface area contributed by atoms with Crippen molar-refractivity contribution >= 4 is 31.7 Å². The van der Waals surface area contributed by atoms with Gasteiger partial charge < -0.3 is 10.4 Å². The third-order valence-corrected chi connectivity index (χ3v) is 5.14. The molecule has 1 aliphatic rings. The Balaban J connectivity index is 2.82. The minimum absolute atomic E-state index is 0.0587. The molecule has 120 valence electrons. The Bertz CT molecular complexity index is 886. The minimum Gasteiger partial charge on any atom is -0.411 e. The molecule has 0 radical (unpaired) electrons. The number of nitrogens with zero attached hydrogens (tertiary/aromatic N) is 2. The first kappa shape index (κ1) is 16.4. The lowest BCUT2D eigenvalue weighted by atomic mass is 9.88. The van der Waals surface area contributed by atoms with E-state index >= 15 is 0 Å². The van der Waals surface area contributed by atoms with E-state index in [-0.39, 0.29) is 22.6 Å². The van der Waals surface area contributed by atoms with Crippen LogP contribution in [0.4, 0.5) is 0 Å². The van der Waals surface area contributed by atoms with Gasteiger partial charge in [0.1, 0.15) is 16.7 Å². The molecule has 0 saturated heterocycles. The fourth-order valence-electron chi connectivity index (χ4n) is 2.19. The molecule has 12 heteroatoms. The Labute approximate surface area is 124 Å². The SMILES string of the molecule is O=S(=O)(O)c1ccc2c(c1)[C@H](S(=O)(=O)O)CC(=N/O)/C2=N\O. The molecule has 0 aromatic heterocycles. The molecule has 0 spiro atoms. The van der Waals surface area contributed by atoms with Gasteiger partial charge in [0.05, 0.1) is 4.90 Å². The fourth-order valence-corrected chi connectivity index (χ4v) is 3.59. The fraction of sp³-hybridized carbons (Fsp3) is 0.200. The Hall–Kier alpha value is -2.02. The largest absolute Gasteiger partial charge is 0.411 e. The van der Waals surface area contributed by atoms with Crippen LogP contribution in [0.1, 0.15) is 22.8 Å². The molecule has 1 aromatic rings. The maximum atomic E-state index is 11.5. The lowest BCUT2D eigenvalue weighted by Gasteiger charge is -2.24. The van der Waals surface area contributed by atoms with Gasteiger partial charge in [-0.15, -0.1) is 0 Å². The average molecular weight is 350 g/mol. The molecule has 0 heterocycles. The predicted octanol–water partition coefficient (Wildman–Crippen LogP) is 0.274. The van der Waals surface area contributed by atoms with E-state index in [4.69, 9.17) is 15.0 Å². The summed E-state index contributed by atoms with van der Waals surface area (Å²) in [6.07, 6.45) is -0.545. The molecule has 0 fully saturated rings. The highest BCUT2D eigenvalue weighted by Gasteiger charge is 2.38. The normalized spacial score (nSPS) is 22.7. The lowest BCUT2D eigenvalue weighted by Crippen LogP contribution is -2.30. The van der Waals surface area contributed by atoms with Crippen LogP contribution < -0.4 is 0 Å². The lowest BCUT2D eigenvalue weighted by molar-refractivity contribution is 0.312. The van der Waals surface area contributed by atoms with E-state index in [1.807, 2.05) is 0 Å². The van der Waals surface area contributed by atoms with E-state index in [2.05, 4.69) is 10.3 Å². The molecule has 0 unspecified atom stereocenters. The zero-order valence-electron chi connectivity index (χ0n) is 10.6. The van der Waals surface area contributed by atoms with Crippen LogP contribution >= 0.6 is 0 Å². The molecule has 22 heavy (non-hydrogen) atoms. The number of hydrogen-bond acceptors (Lipinski definition) is 8. The van der Waals surface area contributed by atoms with Crippen molar-refractivity contribution in [3.63, 3.8) is 0 Å². The molecule has 2 rings (SSSR count). The van der Waals surface area contributed by atoms with Crippen LogP contribution in [0.3, 0.4) is 0 Å². The smallest absolute Gasteiger partial charge is 0.294 e. The van der Waals surface area contributed by atoms with Crippen molar-refractivity contribution in [1.29, 1.82) is 0 Å². The molecule has 1 aliphatic carbocycles. The predicted molar refractivity (Wildman–Crippen MR) is 72.7 cm³/mol. The Morgan fingerprint density at radius 1 is 1.05 bits per heavy atom. The highest BCUT2D eigenvalue weighted by Crippen LogP contribution is 2.35. The summed E-state index contributed by atoms with van der Waals surface area (Å²) in [5.74, 6) is 0. The zero-order chi connectivity index (χ0) is 16.7. The van der Waals surface area contributed by atoms with Gasteiger partial charge in [0.15, 0.2) is 0 Å². The number of rotatable bonds is 2. The summed E-state index contributed by atoms with van der Waals surface area (Å²) >= 11 is 0. The third kappa shape index (κ3) is 2.81. The molecule has 4 N–H and O–H groups in total. The van der Waals surface area contributed by atoms with Gasteiger partial charge in [0.2, 0.25) is 0 Å². The summed E-state index contributed by atoms with van der Waals surface area (Å²) in [4.78, 5) is -0.596. The van der Waals surface area contributed by atoms with Crippen molar-refractivity contribution in [3.8, 4) is 0 Å². The quantitative estimate of drug-likeness (QED) is 0.334. The van der Waals surface area contributed by atoms with E-state index < -0.39 is 36.8 Å². The Kier molecular flexibility index (Phi) is 3.95. The van der Waals surface area contributed by atoms with Crippen molar-refractivity contribution in [1.82, 2.24) is 0 Å². The number of benzene rings is 1. The second kappa shape index (κ2) is 5.31. The van der Waals surface area contributed by atoms with Crippen LogP contribution in [0.25, 0.3) is 0 Å². The van der Waals surface area contributed by atoms with Gasteiger partial charge in [-0.05, 0) is 17.7 Å². The van der Waals surface area contributed by atoms with E-state index in [1.165, 1.54) is 0 Å². The zero-order valence-corrected chi connectivity index (χ0v) is 12.3. The minimum atomic E-state index is -4.68. The van der Waals surface area contributed by atoms with Gasteiger partial charge >= 0.3 is 0 Å². The first-order valence-corrected chi connectivity index (χ1v) is 8.55. The summed E-state index contributed by atoms with van der Waals surface area (Å²) < 4.78 is 63.5. The van der Waals surface area contributed by atoms with Crippen LogP contribution in [0.5, 0.6) is 0 Å². The second-order valence-electron chi connectivity index (χ2n) is 4.43. The standard InChI is InChI=1S/C10H10N2O8S2/c13-11-8-4-9(22(18,19)20)7-3-5(21(15,16)17)1-2-6(7)10(8)12-14/h1-3,9,13-14H,4H2,(H,15,16,17)(H,18,19,20)/b11-8-,12-10-/t9-/m1/s1. The van der Waals surface area contributed by atoms with Crippen molar-refractivity contribution in [3.05, 3.63) is 29.3 Å². The van der Waals surface area contributed by atoms with Crippen molar-refractivity contribution < 1.29 is 36.4 Å². The summed E-state index contributed by atoms with van der Waals surface area (Å²) in [5, 5.41) is 21.9. The number of oxime groups is 2. The van der Waals surface area contributed by atoms with Crippen LogP contribution in [0.15, 0.2) is 33.4 Å². The van der Waals surface area contributed by atoms with Gasteiger partial charge in [-0.2, -0.15) is 16.8 Å². The molecule has 0 bridgehead atoms. The first-order chi connectivity index (χ1) is 10.1. The molecule has 0 amide bonds. The molecule has 0 saturated carbocycles. The molecule has 1 atom stereocenters. The highest BCUT2D eigenvalue weighted by molar-refractivity contribution is 7.86. The van der Waals surface area contributed by atoms with Crippen LogP contribution in [0.2, 0.25) is 0 Å². The third-order valence-electron chi connectivity index (χ3n) is 3.16. The van der Waals surface area contributed by atoms with E-state index in [0.29, 0.717) is 0 Å². The summed E-state index contributed by atoms with van der Waals surface area (Å²) in [6, 6.07) is 2.85. The van der Waals surface area contributed by atoms with E-state index in [1.54, 1.807) is 0 Å². The van der Waals surface area contributed by atoms with Crippen molar-refractivity contribution in [2.45, 2.75) is 16.6 Å². The van der Waals surface area contributed by atoms with Gasteiger partial charge in [-0.25, -0.2) is 0 Å². The van der Waals surface area contributed by atoms with Gasteiger partial charge in [-0.3, -0.25) is 9.11 Å². The second-order valence-corrected chi connectivity index (χ2v) is 7.45. The summed E-state index contributed by atoms with van der Waals surface area (Å²) in [7, 11) is -9.29.